The first-order valence-electron chi connectivity index (χ1n) is 5.41. The fourth-order valence-electron chi connectivity index (χ4n) is 1.77. The van der Waals surface area contributed by atoms with Gasteiger partial charge in [-0.3, -0.25) is 9.82 Å². The molecule has 4 N–H and O–H groups in total. The Bertz CT molecular complexity index is 685. The van der Waals surface area contributed by atoms with E-state index in [-0.39, 0.29) is 16.3 Å². The Labute approximate surface area is 109 Å². The number of sulfonamides is 1. The van der Waals surface area contributed by atoms with Gasteiger partial charge in [0, 0.05) is 0 Å². The number of rotatable bonds is 3. The Balaban J connectivity index is 2.49. The van der Waals surface area contributed by atoms with Crippen molar-refractivity contribution in [1.29, 1.82) is 0 Å². The number of nitrogens with one attached hydrogen (secondary N) is 2. The number of aryl methyl sites for hydroxylation is 2. The highest BCUT2D eigenvalue weighted by atomic mass is 32.2. The van der Waals surface area contributed by atoms with Gasteiger partial charge in [0.2, 0.25) is 0 Å². The Morgan fingerprint density at radius 3 is 2.58 bits per heavy atom. The van der Waals surface area contributed by atoms with E-state index in [0.717, 1.165) is 6.07 Å². The van der Waals surface area contributed by atoms with Crippen molar-refractivity contribution in [3.63, 3.8) is 0 Å². The first kappa shape index (κ1) is 13.3. The largest absolute Gasteiger partial charge is 0.397 e. The second-order valence-electron chi connectivity index (χ2n) is 4.07. The van der Waals surface area contributed by atoms with Crippen molar-refractivity contribution in [1.82, 2.24) is 10.2 Å². The number of nitrogen functional groups attached to an aromatic ring is 1. The van der Waals surface area contributed by atoms with Crippen LogP contribution in [0.25, 0.3) is 0 Å². The predicted octanol–water partition coefficient (Wildman–Crippen LogP) is 1.55. The Morgan fingerprint density at radius 2 is 2.05 bits per heavy atom. The van der Waals surface area contributed by atoms with Crippen LogP contribution < -0.4 is 10.5 Å². The van der Waals surface area contributed by atoms with Gasteiger partial charge in [-0.05, 0) is 26.0 Å². The average Bonchev–Trinajstić information content (AvgIpc) is 2.64. The van der Waals surface area contributed by atoms with Gasteiger partial charge in [-0.1, -0.05) is 6.07 Å². The van der Waals surface area contributed by atoms with Crippen LogP contribution in [0.15, 0.2) is 23.1 Å². The molecule has 1 aromatic carbocycles. The van der Waals surface area contributed by atoms with E-state index in [9.17, 15) is 12.8 Å². The highest BCUT2D eigenvalue weighted by Crippen LogP contribution is 2.26. The number of aromatic nitrogens is 2. The van der Waals surface area contributed by atoms with Crippen LogP contribution in [0.5, 0.6) is 0 Å². The molecule has 0 unspecified atom stereocenters. The second kappa shape index (κ2) is 4.54. The molecule has 19 heavy (non-hydrogen) atoms. The maximum atomic E-state index is 13.6. The topological polar surface area (TPSA) is 101 Å². The van der Waals surface area contributed by atoms with Gasteiger partial charge in [0.1, 0.15) is 16.4 Å². The van der Waals surface area contributed by atoms with E-state index in [0.29, 0.717) is 11.4 Å². The summed E-state index contributed by atoms with van der Waals surface area (Å²) in [7, 11) is -3.94. The summed E-state index contributed by atoms with van der Waals surface area (Å²) in [6.07, 6.45) is 0. The highest BCUT2D eigenvalue weighted by Gasteiger charge is 2.24. The van der Waals surface area contributed by atoms with Gasteiger partial charge in [-0.25, -0.2) is 12.8 Å². The van der Waals surface area contributed by atoms with Crippen LogP contribution >= 0.6 is 0 Å². The zero-order chi connectivity index (χ0) is 14.2. The molecule has 2 rings (SSSR count). The minimum atomic E-state index is -3.94. The molecule has 0 spiro atoms. The fraction of sp³-hybridized carbons (Fsp3) is 0.182. The third kappa shape index (κ3) is 2.39. The number of hydrogen-bond acceptors (Lipinski definition) is 4. The van der Waals surface area contributed by atoms with E-state index >= 15 is 0 Å². The summed E-state index contributed by atoms with van der Waals surface area (Å²) in [6, 6.07) is 3.94. The maximum Gasteiger partial charge on any atom is 0.265 e. The van der Waals surface area contributed by atoms with E-state index < -0.39 is 15.8 Å². The van der Waals surface area contributed by atoms with Crippen molar-refractivity contribution < 1.29 is 12.8 Å². The molecular formula is C11H13FN4O2S. The van der Waals surface area contributed by atoms with Gasteiger partial charge in [0.25, 0.3) is 10.0 Å². The summed E-state index contributed by atoms with van der Waals surface area (Å²) in [5.41, 5.74) is 6.00. The summed E-state index contributed by atoms with van der Waals surface area (Å²) in [4.78, 5) is -0.00449. The smallest absolute Gasteiger partial charge is 0.265 e. The third-order valence-corrected chi connectivity index (χ3v) is 4.22. The number of nitrogens with two attached hydrogens (primary N) is 1. The lowest BCUT2D eigenvalue weighted by molar-refractivity contribution is 0.597. The molecule has 0 saturated carbocycles. The third-order valence-electron chi connectivity index (χ3n) is 2.61. The molecule has 0 bridgehead atoms. The van der Waals surface area contributed by atoms with Gasteiger partial charge < -0.3 is 5.73 Å². The van der Waals surface area contributed by atoms with Crippen molar-refractivity contribution in [2.24, 2.45) is 0 Å². The van der Waals surface area contributed by atoms with E-state index in [4.69, 9.17) is 5.73 Å². The molecular weight excluding hydrogens is 271 g/mol. The van der Waals surface area contributed by atoms with Crippen LogP contribution in [0.1, 0.15) is 11.4 Å². The van der Waals surface area contributed by atoms with Gasteiger partial charge in [0.05, 0.1) is 17.1 Å². The lowest BCUT2D eigenvalue weighted by Crippen LogP contribution is -2.16. The summed E-state index contributed by atoms with van der Waals surface area (Å²) in [6.45, 7) is 3.11. The molecule has 0 fully saturated rings. The maximum absolute atomic E-state index is 13.6. The van der Waals surface area contributed by atoms with Crippen LogP contribution in [-0.4, -0.2) is 18.6 Å². The molecule has 0 atom stereocenters. The van der Waals surface area contributed by atoms with Gasteiger partial charge >= 0.3 is 0 Å². The average molecular weight is 284 g/mol. The number of hydrogen-bond donors (Lipinski definition) is 3. The fourth-order valence-corrected chi connectivity index (χ4v) is 3.24. The van der Waals surface area contributed by atoms with E-state index in [1.807, 2.05) is 0 Å². The standard InChI is InChI=1S/C11H13FN4O2S/c1-6-11(7(2)15-14-6)19(17,18)16-10-8(12)4-3-5-9(10)13/h3-5,16H,13H2,1-2H3,(H,14,15). The van der Waals surface area contributed by atoms with Crippen LogP contribution in [0.3, 0.4) is 0 Å². The normalized spacial score (nSPS) is 11.5. The highest BCUT2D eigenvalue weighted by molar-refractivity contribution is 7.92. The second-order valence-corrected chi connectivity index (χ2v) is 5.69. The molecule has 0 aliphatic carbocycles. The zero-order valence-electron chi connectivity index (χ0n) is 10.4. The number of H-pyrrole nitrogens is 1. The Kier molecular flexibility index (Phi) is 3.19. The quantitative estimate of drug-likeness (QED) is 0.744. The zero-order valence-corrected chi connectivity index (χ0v) is 11.2. The van der Waals surface area contributed by atoms with E-state index in [1.54, 1.807) is 13.8 Å². The van der Waals surface area contributed by atoms with Crippen molar-refractivity contribution in [3.05, 3.63) is 35.4 Å². The molecule has 0 saturated heterocycles. The van der Waals surface area contributed by atoms with Gasteiger partial charge in [-0.15, -0.1) is 0 Å². The van der Waals surface area contributed by atoms with Gasteiger partial charge in [0.15, 0.2) is 0 Å². The summed E-state index contributed by atoms with van der Waals surface area (Å²) >= 11 is 0. The molecule has 8 heteroatoms. The molecule has 1 aromatic heterocycles. The van der Waals surface area contributed by atoms with Crippen LogP contribution in [0.2, 0.25) is 0 Å². The first-order valence-corrected chi connectivity index (χ1v) is 6.89. The summed E-state index contributed by atoms with van der Waals surface area (Å²) in [5, 5.41) is 6.36. The number of nitrogens with zero attached hydrogens (tertiary/aromatic N) is 1. The van der Waals surface area contributed by atoms with Crippen LogP contribution in [0, 0.1) is 19.7 Å². The molecule has 0 aliphatic heterocycles. The molecule has 0 amide bonds. The van der Waals surface area contributed by atoms with Gasteiger partial charge in [-0.2, -0.15) is 5.10 Å². The minimum Gasteiger partial charge on any atom is -0.397 e. The Hall–Kier alpha value is -2.09. The molecule has 6 nitrogen and oxygen atoms in total. The SMILES string of the molecule is Cc1n[nH]c(C)c1S(=O)(=O)Nc1c(N)cccc1F. The lowest BCUT2D eigenvalue weighted by atomic mass is 10.3. The van der Waals surface area contributed by atoms with Crippen LogP contribution in [0.4, 0.5) is 15.8 Å². The summed E-state index contributed by atoms with van der Waals surface area (Å²) in [5.74, 6) is -0.734. The van der Waals surface area contributed by atoms with Crippen molar-refractivity contribution >= 4 is 21.4 Å². The molecule has 1 heterocycles. The first-order chi connectivity index (χ1) is 8.83. The monoisotopic (exact) mass is 284 g/mol. The van der Waals surface area contributed by atoms with E-state index in [1.165, 1.54) is 12.1 Å². The number of aromatic amines is 1. The number of anilines is 2. The molecule has 0 radical (unpaired) electrons. The minimum absolute atomic E-state index is 0.00449. The summed E-state index contributed by atoms with van der Waals surface area (Å²) < 4.78 is 40.2. The Morgan fingerprint density at radius 1 is 1.37 bits per heavy atom. The number of halogens is 1. The molecule has 2 aromatic rings. The number of benzene rings is 1. The van der Waals surface area contributed by atoms with Crippen LogP contribution in [-0.2, 0) is 10.0 Å². The lowest BCUT2D eigenvalue weighted by Gasteiger charge is -2.11. The number of para-hydroxylation sites is 1. The van der Waals surface area contributed by atoms with Crippen molar-refractivity contribution in [3.8, 4) is 0 Å². The van der Waals surface area contributed by atoms with Crippen molar-refractivity contribution in [2.75, 3.05) is 10.5 Å². The van der Waals surface area contributed by atoms with E-state index in [2.05, 4.69) is 14.9 Å². The predicted molar refractivity (Wildman–Crippen MR) is 69.7 cm³/mol. The molecule has 0 aliphatic rings. The van der Waals surface area contributed by atoms with Crippen molar-refractivity contribution in [2.45, 2.75) is 18.7 Å². The molecule has 102 valence electrons.